The quantitative estimate of drug-likeness (QED) is 0.714. The van der Waals surface area contributed by atoms with E-state index in [1.165, 1.54) is 0 Å². The second-order valence-corrected chi connectivity index (χ2v) is 6.60. The van der Waals surface area contributed by atoms with E-state index in [0.717, 1.165) is 35.1 Å². The van der Waals surface area contributed by atoms with E-state index in [9.17, 15) is 4.79 Å². The van der Waals surface area contributed by atoms with E-state index in [0.29, 0.717) is 5.41 Å². The van der Waals surface area contributed by atoms with Gasteiger partial charge in [-0.25, -0.2) is 0 Å². The monoisotopic (exact) mass is 343 g/mol. The van der Waals surface area contributed by atoms with Crippen LogP contribution in [0.5, 0.6) is 0 Å². The number of hydrogen-bond donors (Lipinski definition) is 0. The zero-order valence-electron chi connectivity index (χ0n) is 10.4. The van der Waals surface area contributed by atoms with Crippen LogP contribution in [0.1, 0.15) is 37.0 Å². The number of benzene rings is 1. The molecule has 3 heteroatoms. The Labute approximate surface area is 117 Å². The largest absolute Gasteiger partial charge is 0.339 e. The van der Waals surface area contributed by atoms with E-state index in [-0.39, 0.29) is 5.91 Å². The summed E-state index contributed by atoms with van der Waals surface area (Å²) in [7, 11) is 0. The van der Waals surface area contributed by atoms with Crippen molar-refractivity contribution in [1.29, 1.82) is 0 Å². The highest BCUT2D eigenvalue weighted by Gasteiger charge is 2.28. The van der Waals surface area contributed by atoms with Crippen molar-refractivity contribution in [3.8, 4) is 0 Å². The van der Waals surface area contributed by atoms with Gasteiger partial charge >= 0.3 is 0 Å². The Hall–Kier alpha value is -0.580. The number of hydrogen-bond acceptors (Lipinski definition) is 1. The maximum atomic E-state index is 12.4. The summed E-state index contributed by atoms with van der Waals surface area (Å²) >= 11 is 2.23. The van der Waals surface area contributed by atoms with E-state index in [2.05, 4.69) is 36.4 Å². The zero-order chi connectivity index (χ0) is 12.5. The number of piperidine rings is 1. The number of nitrogens with zero attached hydrogens (tertiary/aromatic N) is 1. The Morgan fingerprint density at radius 3 is 2.41 bits per heavy atom. The molecule has 1 aliphatic heterocycles. The topological polar surface area (TPSA) is 20.3 Å². The predicted octanol–water partition coefficient (Wildman–Crippen LogP) is 3.55. The van der Waals surface area contributed by atoms with Gasteiger partial charge in [0.05, 0.1) is 5.56 Å². The smallest absolute Gasteiger partial charge is 0.254 e. The van der Waals surface area contributed by atoms with Crippen LogP contribution in [0.3, 0.4) is 0 Å². The van der Waals surface area contributed by atoms with Gasteiger partial charge in [-0.1, -0.05) is 26.0 Å². The summed E-state index contributed by atoms with van der Waals surface area (Å²) < 4.78 is 1.04. The van der Waals surface area contributed by atoms with E-state index >= 15 is 0 Å². The predicted molar refractivity (Wildman–Crippen MR) is 78.1 cm³/mol. The van der Waals surface area contributed by atoms with Crippen molar-refractivity contribution in [2.24, 2.45) is 5.41 Å². The van der Waals surface area contributed by atoms with E-state index in [4.69, 9.17) is 0 Å². The minimum atomic E-state index is 0.186. The lowest BCUT2D eigenvalue weighted by molar-refractivity contribution is 0.0629. The van der Waals surface area contributed by atoms with Gasteiger partial charge in [0.15, 0.2) is 0 Å². The molecule has 0 bridgehead atoms. The van der Waals surface area contributed by atoms with Crippen LogP contribution in [0.25, 0.3) is 0 Å². The Morgan fingerprint density at radius 1 is 1.24 bits per heavy atom. The van der Waals surface area contributed by atoms with Crippen molar-refractivity contribution in [2.45, 2.75) is 26.7 Å². The minimum Gasteiger partial charge on any atom is -0.339 e. The summed E-state index contributed by atoms with van der Waals surface area (Å²) in [6, 6.07) is 7.81. The van der Waals surface area contributed by atoms with Crippen LogP contribution in [0, 0.1) is 8.99 Å². The molecule has 1 aliphatic rings. The molecule has 1 fully saturated rings. The lowest BCUT2D eigenvalue weighted by Gasteiger charge is -2.37. The molecule has 2 nitrogen and oxygen atoms in total. The number of rotatable bonds is 1. The first kappa shape index (κ1) is 12.9. The number of amides is 1. The van der Waals surface area contributed by atoms with E-state index in [1.807, 2.05) is 29.2 Å². The van der Waals surface area contributed by atoms with Gasteiger partial charge in [0, 0.05) is 16.7 Å². The van der Waals surface area contributed by atoms with Crippen molar-refractivity contribution in [3.63, 3.8) is 0 Å². The maximum Gasteiger partial charge on any atom is 0.254 e. The number of carbonyl (C=O) groups excluding carboxylic acids is 1. The van der Waals surface area contributed by atoms with Gasteiger partial charge in [-0.15, -0.1) is 0 Å². The van der Waals surface area contributed by atoms with Crippen molar-refractivity contribution in [2.75, 3.05) is 13.1 Å². The van der Waals surface area contributed by atoms with Gasteiger partial charge < -0.3 is 4.90 Å². The van der Waals surface area contributed by atoms with Gasteiger partial charge in [-0.3, -0.25) is 4.79 Å². The van der Waals surface area contributed by atoms with Crippen LogP contribution in [-0.4, -0.2) is 23.9 Å². The normalized spacial score (nSPS) is 19.1. The van der Waals surface area contributed by atoms with E-state index < -0.39 is 0 Å². The van der Waals surface area contributed by atoms with Gasteiger partial charge in [0.1, 0.15) is 0 Å². The Kier molecular flexibility index (Phi) is 3.76. The summed E-state index contributed by atoms with van der Waals surface area (Å²) in [4.78, 5) is 14.3. The standard InChI is InChI=1S/C14H18INO/c1-14(2)7-9-16(10-8-14)13(17)11-5-3-4-6-12(11)15/h3-6H,7-10H2,1-2H3. The first-order valence-electron chi connectivity index (χ1n) is 6.03. The van der Waals surface area contributed by atoms with Gasteiger partial charge in [0.25, 0.3) is 5.91 Å². The molecule has 1 amide bonds. The van der Waals surface area contributed by atoms with Crippen molar-refractivity contribution in [3.05, 3.63) is 33.4 Å². The van der Waals surface area contributed by atoms with Crippen LogP contribution in [-0.2, 0) is 0 Å². The molecule has 1 heterocycles. The molecule has 0 N–H and O–H groups in total. The second kappa shape index (κ2) is 4.96. The zero-order valence-corrected chi connectivity index (χ0v) is 12.5. The molecular weight excluding hydrogens is 325 g/mol. The van der Waals surface area contributed by atoms with Crippen molar-refractivity contribution in [1.82, 2.24) is 4.90 Å². The molecule has 0 atom stereocenters. The average molecular weight is 343 g/mol. The molecule has 0 radical (unpaired) electrons. The first-order valence-corrected chi connectivity index (χ1v) is 7.11. The maximum absolute atomic E-state index is 12.4. The summed E-state index contributed by atoms with van der Waals surface area (Å²) in [5.41, 5.74) is 1.23. The third-order valence-corrected chi connectivity index (χ3v) is 4.45. The summed E-state index contributed by atoms with van der Waals surface area (Å²) in [5.74, 6) is 0.186. The van der Waals surface area contributed by atoms with Crippen LogP contribution < -0.4 is 0 Å². The molecule has 1 aromatic rings. The second-order valence-electron chi connectivity index (χ2n) is 5.44. The molecule has 2 rings (SSSR count). The van der Waals surface area contributed by atoms with Crippen molar-refractivity contribution >= 4 is 28.5 Å². The Morgan fingerprint density at radius 2 is 1.82 bits per heavy atom. The van der Waals surface area contributed by atoms with Crippen LogP contribution in [0.2, 0.25) is 0 Å². The van der Waals surface area contributed by atoms with Crippen LogP contribution in [0.4, 0.5) is 0 Å². The number of likely N-dealkylation sites (tertiary alicyclic amines) is 1. The highest BCUT2D eigenvalue weighted by molar-refractivity contribution is 14.1. The van der Waals surface area contributed by atoms with Gasteiger partial charge in [-0.05, 0) is 53.0 Å². The fourth-order valence-corrected chi connectivity index (χ4v) is 2.74. The highest BCUT2D eigenvalue weighted by atomic mass is 127. The molecule has 0 saturated carbocycles. The number of halogens is 1. The molecule has 0 unspecified atom stereocenters. The molecule has 1 saturated heterocycles. The molecule has 17 heavy (non-hydrogen) atoms. The lowest BCUT2D eigenvalue weighted by atomic mass is 9.82. The van der Waals surface area contributed by atoms with Crippen molar-refractivity contribution < 1.29 is 4.79 Å². The molecule has 0 aliphatic carbocycles. The summed E-state index contributed by atoms with van der Waals surface area (Å²) in [5, 5.41) is 0. The molecule has 1 aromatic carbocycles. The van der Waals surface area contributed by atoms with E-state index in [1.54, 1.807) is 0 Å². The third kappa shape index (κ3) is 3.00. The first-order chi connectivity index (χ1) is 7.99. The SMILES string of the molecule is CC1(C)CCN(C(=O)c2ccccc2I)CC1. The average Bonchev–Trinajstić information content (AvgIpc) is 2.29. The molecule has 92 valence electrons. The van der Waals surface area contributed by atoms with Crippen LogP contribution >= 0.6 is 22.6 Å². The summed E-state index contributed by atoms with van der Waals surface area (Å²) in [6.45, 7) is 6.33. The molecular formula is C14H18INO. The number of carbonyl (C=O) groups is 1. The van der Waals surface area contributed by atoms with Gasteiger partial charge in [0.2, 0.25) is 0 Å². The van der Waals surface area contributed by atoms with Gasteiger partial charge in [-0.2, -0.15) is 0 Å². The minimum absolute atomic E-state index is 0.186. The third-order valence-electron chi connectivity index (χ3n) is 3.51. The van der Waals surface area contributed by atoms with Crippen LogP contribution in [0.15, 0.2) is 24.3 Å². The Balaban J connectivity index is 2.10. The fourth-order valence-electron chi connectivity index (χ4n) is 2.12. The highest BCUT2D eigenvalue weighted by Crippen LogP contribution is 2.30. The fraction of sp³-hybridized carbons (Fsp3) is 0.500. The lowest BCUT2D eigenvalue weighted by Crippen LogP contribution is -2.41. The Bertz CT molecular complexity index is 418. The molecule has 0 spiro atoms. The summed E-state index contributed by atoms with van der Waals surface area (Å²) in [6.07, 6.45) is 2.20. The molecule has 0 aromatic heterocycles.